The quantitative estimate of drug-likeness (QED) is 0.293. The molecule has 1 aromatic carbocycles. The summed E-state index contributed by atoms with van der Waals surface area (Å²) in [5.41, 5.74) is 0.705. The molecular formula is C37H59N5O5. The number of piperidine rings is 1. The van der Waals surface area contributed by atoms with Crippen molar-refractivity contribution in [3.8, 4) is 0 Å². The third kappa shape index (κ3) is 9.66. The zero-order chi connectivity index (χ0) is 35.1. The molecule has 0 spiro atoms. The van der Waals surface area contributed by atoms with Crippen LogP contribution in [0.5, 0.6) is 0 Å². The van der Waals surface area contributed by atoms with Crippen molar-refractivity contribution in [1.29, 1.82) is 0 Å². The highest BCUT2D eigenvalue weighted by molar-refractivity contribution is 5.97. The van der Waals surface area contributed by atoms with Gasteiger partial charge in [0.05, 0.1) is 24.7 Å². The largest absolute Gasteiger partial charge is 0.394 e. The van der Waals surface area contributed by atoms with Crippen LogP contribution in [-0.2, 0) is 19.2 Å². The molecule has 1 aromatic rings. The Bertz CT molecular complexity index is 1260. The number of hydrogen-bond acceptors (Lipinski definition) is 6. The van der Waals surface area contributed by atoms with Gasteiger partial charge in [-0.2, -0.15) is 0 Å². The van der Waals surface area contributed by atoms with Gasteiger partial charge in [0, 0.05) is 25.2 Å². The molecule has 0 aliphatic carbocycles. The fourth-order valence-electron chi connectivity index (χ4n) is 6.87. The predicted octanol–water partition coefficient (Wildman–Crippen LogP) is 4.05. The molecule has 4 unspecified atom stereocenters. The number of likely N-dealkylation sites (tertiary alicyclic amines) is 2. The van der Waals surface area contributed by atoms with Crippen LogP contribution in [0.15, 0.2) is 42.0 Å². The van der Waals surface area contributed by atoms with E-state index in [2.05, 4.69) is 29.4 Å². The standard InChI is InChI=1S/C37H59N5O5/c1-24(2)31(40(9)36(47)32(37(6,7)8)39-34(45)29-18-13-14-20-41(29)25(3)4)22-26(5)35(46)42-21-15-19-30(42)33(44)38-28(23-43)27-16-11-10-12-17-27/h10-12,16-17,22,24-25,28-32,43H,13-15,18-21,23H2,1-9H3,(H,38,44)(H,39,45)/b26-22+/t28-,29?,30?,31?,32?/m1/s1. The second-order valence-electron chi connectivity index (χ2n) is 15.0. The summed E-state index contributed by atoms with van der Waals surface area (Å²) in [6.07, 6.45) is 5.87. The van der Waals surface area contributed by atoms with Crippen molar-refractivity contribution in [2.75, 3.05) is 26.7 Å². The third-order valence-corrected chi connectivity index (χ3v) is 9.66. The van der Waals surface area contributed by atoms with Crippen LogP contribution in [0, 0.1) is 11.3 Å². The molecule has 2 aliphatic heterocycles. The highest BCUT2D eigenvalue weighted by Gasteiger charge is 2.40. The molecule has 2 fully saturated rings. The van der Waals surface area contributed by atoms with Crippen LogP contribution in [0.3, 0.4) is 0 Å². The number of nitrogens with zero attached hydrogens (tertiary/aromatic N) is 3. The van der Waals surface area contributed by atoms with Crippen LogP contribution in [0.25, 0.3) is 0 Å². The fraction of sp³-hybridized carbons (Fsp3) is 0.676. The molecule has 4 amide bonds. The molecule has 2 saturated heterocycles. The average Bonchev–Trinajstić information content (AvgIpc) is 3.53. The summed E-state index contributed by atoms with van der Waals surface area (Å²) in [5.74, 6) is -0.885. The smallest absolute Gasteiger partial charge is 0.249 e. The van der Waals surface area contributed by atoms with Crippen molar-refractivity contribution < 1.29 is 24.3 Å². The van der Waals surface area contributed by atoms with E-state index in [4.69, 9.17) is 0 Å². The summed E-state index contributed by atoms with van der Waals surface area (Å²) in [5, 5.41) is 16.0. The summed E-state index contributed by atoms with van der Waals surface area (Å²) >= 11 is 0. The molecule has 3 N–H and O–H groups in total. The van der Waals surface area contributed by atoms with Crippen molar-refractivity contribution >= 4 is 23.6 Å². The highest BCUT2D eigenvalue weighted by atomic mass is 16.3. The maximum atomic E-state index is 14.2. The molecular weight excluding hydrogens is 594 g/mol. The first-order valence-electron chi connectivity index (χ1n) is 17.4. The van der Waals surface area contributed by atoms with Crippen LogP contribution < -0.4 is 10.6 Å². The number of carbonyl (C=O) groups is 4. The molecule has 0 bridgehead atoms. The van der Waals surface area contributed by atoms with Gasteiger partial charge in [-0.3, -0.25) is 24.1 Å². The van der Waals surface area contributed by atoms with E-state index in [9.17, 15) is 24.3 Å². The van der Waals surface area contributed by atoms with Gasteiger partial charge in [-0.05, 0) is 69.9 Å². The number of likely N-dealkylation sites (N-methyl/N-ethyl adjacent to an activating group) is 1. The first kappa shape index (κ1) is 38.2. The molecule has 10 heteroatoms. The number of benzene rings is 1. The van der Waals surface area contributed by atoms with Gasteiger partial charge in [-0.15, -0.1) is 0 Å². The van der Waals surface area contributed by atoms with Gasteiger partial charge in [0.1, 0.15) is 12.1 Å². The summed E-state index contributed by atoms with van der Waals surface area (Å²) in [6.45, 7) is 16.9. The lowest BCUT2D eigenvalue weighted by Crippen LogP contribution is -2.60. The van der Waals surface area contributed by atoms with Crippen LogP contribution in [-0.4, -0.2) is 100 Å². The van der Waals surface area contributed by atoms with E-state index in [1.807, 2.05) is 71.0 Å². The molecule has 262 valence electrons. The minimum absolute atomic E-state index is 0.0216. The number of carbonyl (C=O) groups excluding carboxylic acids is 4. The predicted molar refractivity (Wildman–Crippen MR) is 185 cm³/mol. The van der Waals surface area contributed by atoms with E-state index in [1.54, 1.807) is 23.8 Å². The van der Waals surface area contributed by atoms with Gasteiger partial charge in [0.2, 0.25) is 23.6 Å². The SMILES string of the molecule is C/C(=C\C(C(C)C)N(C)C(=O)C(NC(=O)C1CCCCN1C(C)C)C(C)(C)C)C(=O)N1CCCC1C(=O)N[C@H](CO)c1ccccc1. The molecule has 0 radical (unpaired) electrons. The lowest BCUT2D eigenvalue weighted by atomic mass is 9.84. The van der Waals surface area contributed by atoms with Gasteiger partial charge < -0.3 is 25.5 Å². The van der Waals surface area contributed by atoms with E-state index in [1.165, 1.54) is 0 Å². The second kappa shape index (κ2) is 16.7. The lowest BCUT2D eigenvalue weighted by molar-refractivity contribution is -0.142. The Morgan fingerprint density at radius 1 is 0.936 bits per heavy atom. The Morgan fingerprint density at radius 2 is 1.55 bits per heavy atom. The van der Waals surface area contributed by atoms with E-state index in [-0.39, 0.29) is 48.2 Å². The normalized spacial score (nSPS) is 21.4. The zero-order valence-electron chi connectivity index (χ0n) is 30.1. The van der Waals surface area contributed by atoms with Crippen molar-refractivity contribution in [2.24, 2.45) is 11.3 Å². The first-order valence-corrected chi connectivity index (χ1v) is 17.4. The third-order valence-electron chi connectivity index (χ3n) is 9.66. The van der Waals surface area contributed by atoms with Crippen LogP contribution in [0.2, 0.25) is 0 Å². The van der Waals surface area contributed by atoms with Gasteiger partial charge >= 0.3 is 0 Å². The molecule has 2 aliphatic rings. The monoisotopic (exact) mass is 653 g/mol. The van der Waals surface area contributed by atoms with Crippen molar-refractivity contribution in [3.63, 3.8) is 0 Å². The average molecular weight is 654 g/mol. The van der Waals surface area contributed by atoms with Gasteiger partial charge in [-0.1, -0.05) is 77.4 Å². The highest BCUT2D eigenvalue weighted by Crippen LogP contribution is 2.27. The topological polar surface area (TPSA) is 122 Å². The number of aliphatic hydroxyl groups excluding tert-OH is 1. The Morgan fingerprint density at radius 3 is 2.13 bits per heavy atom. The molecule has 3 rings (SSSR count). The maximum Gasteiger partial charge on any atom is 0.249 e. The first-order chi connectivity index (χ1) is 22.1. The van der Waals surface area contributed by atoms with E-state index in [0.717, 1.165) is 31.4 Å². The van der Waals surface area contributed by atoms with Gasteiger partial charge in [0.25, 0.3) is 0 Å². The number of hydrogen-bond donors (Lipinski definition) is 3. The second-order valence-corrected chi connectivity index (χ2v) is 15.0. The Labute approximate surface area is 282 Å². The molecule has 0 aromatic heterocycles. The maximum absolute atomic E-state index is 14.2. The van der Waals surface area contributed by atoms with Crippen LogP contribution >= 0.6 is 0 Å². The summed E-state index contributed by atoms with van der Waals surface area (Å²) in [6, 6.07) is 6.86. The summed E-state index contributed by atoms with van der Waals surface area (Å²) < 4.78 is 0. The van der Waals surface area contributed by atoms with Crippen LogP contribution in [0.4, 0.5) is 0 Å². The zero-order valence-corrected chi connectivity index (χ0v) is 30.1. The number of aliphatic hydroxyl groups is 1. The Balaban J connectivity index is 1.77. The molecule has 47 heavy (non-hydrogen) atoms. The minimum atomic E-state index is -0.752. The molecule has 5 atom stereocenters. The van der Waals surface area contributed by atoms with Crippen molar-refractivity contribution in [1.82, 2.24) is 25.3 Å². The minimum Gasteiger partial charge on any atom is -0.394 e. The number of rotatable bonds is 12. The van der Waals surface area contributed by atoms with Gasteiger partial charge in [-0.25, -0.2) is 0 Å². The Hall–Kier alpha value is -3.24. The number of amides is 4. The van der Waals surface area contributed by atoms with E-state index in [0.29, 0.717) is 25.0 Å². The van der Waals surface area contributed by atoms with Gasteiger partial charge in [0.15, 0.2) is 0 Å². The van der Waals surface area contributed by atoms with Crippen molar-refractivity contribution in [2.45, 2.75) is 124 Å². The van der Waals surface area contributed by atoms with E-state index < -0.39 is 29.6 Å². The van der Waals surface area contributed by atoms with Crippen LogP contribution in [0.1, 0.15) is 99.1 Å². The fourth-order valence-corrected chi connectivity index (χ4v) is 6.87. The number of nitrogens with one attached hydrogen (secondary N) is 2. The van der Waals surface area contributed by atoms with E-state index >= 15 is 0 Å². The molecule has 10 nitrogen and oxygen atoms in total. The Kier molecular flexibility index (Phi) is 13.6. The van der Waals surface area contributed by atoms with Crippen molar-refractivity contribution in [3.05, 3.63) is 47.5 Å². The molecule has 2 heterocycles. The summed E-state index contributed by atoms with van der Waals surface area (Å²) in [7, 11) is 1.73. The molecule has 0 saturated carbocycles. The summed E-state index contributed by atoms with van der Waals surface area (Å²) in [4.78, 5) is 60.4. The lowest BCUT2D eigenvalue weighted by Gasteiger charge is -2.41.